The predicted octanol–water partition coefficient (Wildman–Crippen LogP) is 4.48. The second-order valence-electron chi connectivity index (χ2n) is 9.69. The van der Waals surface area contributed by atoms with Crippen LogP contribution in [0.3, 0.4) is 0 Å². The van der Waals surface area contributed by atoms with Crippen LogP contribution in [0.1, 0.15) is 47.3 Å². The molecule has 0 spiro atoms. The van der Waals surface area contributed by atoms with Crippen LogP contribution in [-0.4, -0.2) is 58.5 Å². The molecule has 1 aromatic carbocycles. The Labute approximate surface area is 229 Å². The van der Waals surface area contributed by atoms with E-state index in [-0.39, 0.29) is 30.0 Å². The number of rotatable bonds is 5. The van der Waals surface area contributed by atoms with Gasteiger partial charge in [0.2, 0.25) is 5.91 Å². The molecule has 0 radical (unpaired) electrons. The van der Waals surface area contributed by atoms with Crippen LogP contribution in [0.5, 0.6) is 0 Å². The molecule has 2 aromatic heterocycles. The first kappa shape index (κ1) is 26.0. The smallest absolute Gasteiger partial charge is 0.264 e. The van der Waals surface area contributed by atoms with Gasteiger partial charge in [-0.05, 0) is 43.5 Å². The van der Waals surface area contributed by atoms with Gasteiger partial charge in [0.25, 0.3) is 11.5 Å². The number of aryl methyl sites for hydroxylation is 1. The van der Waals surface area contributed by atoms with E-state index in [4.69, 9.17) is 23.2 Å². The normalized spacial score (nSPS) is 16.8. The lowest BCUT2D eigenvalue weighted by atomic mass is 9.95. The number of carbonyl (C=O) groups excluding carboxylic acids is 2. The molecule has 37 heavy (non-hydrogen) atoms. The number of piperazine rings is 1. The molecule has 1 aliphatic heterocycles. The van der Waals surface area contributed by atoms with Gasteiger partial charge in [-0.1, -0.05) is 42.5 Å². The summed E-state index contributed by atoms with van der Waals surface area (Å²) in [6.45, 7) is 4.13. The van der Waals surface area contributed by atoms with Crippen molar-refractivity contribution in [2.24, 2.45) is 0 Å². The first-order valence-corrected chi connectivity index (χ1v) is 14.2. The number of nitrogens with one attached hydrogen (secondary N) is 1. The van der Waals surface area contributed by atoms with E-state index in [0.717, 1.165) is 31.4 Å². The van der Waals surface area contributed by atoms with Crippen LogP contribution in [0.15, 0.2) is 29.3 Å². The molecule has 0 atom stereocenters. The Balaban J connectivity index is 1.28. The lowest BCUT2D eigenvalue weighted by Crippen LogP contribution is -2.48. The van der Waals surface area contributed by atoms with Crippen molar-refractivity contribution in [1.82, 2.24) is 19.8 Å². The zero-order valence-electron chi connectivity index (χ0n) is 20.6. The van der Waals surface area contributed by atoms with Crippen molar-refractivity contribution in [3.05, 3.63) is 55.4 Å². The minimum atomic E-state index is -0.291. The fourth-order valence-electron chi connectivity index (χ4n) is 5.14. The summed E-state index contributed by atoms with van der Waals surface area (Å²) in [5, 5.41) is 4.47. The summed E-state index contributed by atoms with van der Waals surface area (Å²) >= 11 is 13.4. The minimum absolute atomic E-state index is 0.0759. The van der Waals surface area contributed by atoms with Crippen molar-refractivity contribution in [3.63, 3.8) is 0 Å². The molecule has 0 unspecified atom stereocenters. The predicted molar refractivity (Wildman–Crippen MR) is 148 cm³/mol. The number of hydrogen-bond acceptors (Lipinski definition) is 6. The largest absolute Gasteiger partial charge is 0.368 e. The van der Waals surface area contributed by atoms with Crippen LogP contribution in [0.4, 0.5) is 5.69 Å². The molecule has 11 heteroatoms. The molecule has 3 aromatic rings. The molecule has 196 valence electrons. The third-order valence-corrected chi connectivity index (χ3v) is 9.16. The van der Waals surface area contributed by atoms with E-state index >= 15 is 0 Å². The van der Waals surface area contributed by atoms with Crippen molar-refractivity contribution in [2.75, 3.05) is 31.1 Å². The molecule has 0 bridgehead atoms. The molecule has 1 saturated carbocycles. The zero-order valence-corrected chi connectivity index (χ0v) is 23.0. The second-order valence-corrected chi connectivity index (χ2v) is 11.5. The van der Waals surface area contributed by atoms with Crippen LogP contribution < -0.4 is 15.8 Å². The molecular formula is C26H29Cl2N5O3S. The highest BCUT2D eigenvalue weighted by atomic mass is 35.5. The zero-order chi connectivity index (χ0) is 26.1. The first-order chi connectivity index (χ1) is 17.8. The Morgan fingerprint density at radius 2 is 1.81 bits per heavy atom. The Hall–Kier alpha value is -2.62. The Bertz CT molecular complexity index is 1390. The first-order valence-electron chi connectivity index (χ1n) is 12.6. The fraction of sp³-hybridized carbons (Fsp3) is 0.462. The van der Waals surface area contributed by atoms with Gasteiger partial charge >= 0.3 is 0 Å². The van der Waals surface area contributed by atoms with Gasteiger partial charge in [0.05, 0.1) is 26.6 Å². The summed E-state index contributed by atoms with van der Waals surface area (Å²) in [4.78, 5) is 48.6. The van der Waals surface area contributed by atoms with Crippen molar-refractivity contribution >= 4 is 62.3 Å². The lowest BCUT2D eigenvalue weighted by molar-refractivity contribution is -0.122. The number of halogens is 2. The molecule has 2 amide bonds. The van der Waals surface area contributed by atoms with E-state index in [9.17, 15) is 14.4 Å². The summed E-state index contributed by atoms with van der Waals surface area (Å²) in [5.41, 5.74) is 1.30. The molecule has 2 fully saturated rings. The number of hydrogen-bond donors (Lipinski definition) is 1. The van der Waals surface area contributed by atoms with Crippen LogP contribution >= 0.6 is 34.5 Å². The van der Waals surface area contributed by atoms with Crippen molar-refractivity contribution in [3.8, 4) is 0 Å². The van der Waals surface area contributed by atoms with Crippen molar-refractivity contribution < 1.29 is 9.59 Å². The van der Waals surface area contributed by atoms with Gasteiger partial charge < -0.3 is 15.1 Å². The quantitative estimate of drug-likeness (QED) is 0.496. The maximum Gasteiger partial charge on any atom is 0.264 e. The highest BCUT2D eigenvalue weighted by Gasteiger charge is 2.27. The maximum absolute atomic E-state index is 13.4. The van der Waals surface area contributed by atoms with Crippen LogP contribution in [0.2, 0.25) is 10.0 Å². The van der Waals surface area contributed by atoms with Crippen molar-refractivity contribution in [2.45, 2.75) is 51.6 Å². The number of fused-ring (bicyclic) bond motifs is 1. The number of nitrogens with zero attached hydrogens (tertiary/aromatic N) is 4. The third-order valence-electron chi connectivity index (χ3n) is 7.23. The van der Waals surface area contributed by atoms with Gasteiger partial charge in [0.15, 0.2) is 0 Å². The highest BCUT2D eigenvalue weighted by Crippen LogP contribution is 2.30. The Kier molecular flexibility index (Phi) is 7.74. The minimum Gasteiger partial charge on any atom is -0.368 e. The van der Waals surface area contributed by atoms with Crippen LogP contribution in [-0.2, 0) is 11.3 Å². The van der Waals surface area contributed by atoms with Crippen LogP contribution in [0, 0.1) is 6.92 Å². The summed E-state index contributed by atoms with van der Waals surface area (Å²) in [7, 11) is 0. The molecule has 5 rings (SSSR count). The topological polar surface area (TPSA) is 87.5 Å². The molecule has 2 aliphatic rings. The summed E-state index contributed by atoms with van der Waals surface area (Å²) in [6.07, 6.45) is 6.81. The number of benzene rings is 1. The van der Waals surface area contributed by atoms with E-state index < -0.39 is 0 Å². The maximum atomic E-state index is 13.4. The number of aromatic nitrogens is 2. The van der Waals surface area contributed by atoms with E-state index in [1.54, 1.807) is 13.0 Å². The van der Waals surface area contributed by atoms with E-state index in [2.05, 4.69) is 15.2 Å². The summed E-state index contributed by atoms with van der Waals surface area (Å²) < 4.78 is 1.34. The molecule has 1 saturated heterocycles. The number of anilines is 1. The molecule has 3 heterocycles. The average Bonchev–Trinajstić information content (AvgIpc) is 3.24. The fourth-order valence-corrected chi connectivity index (χ4v) is 6.54. The van der Waals surface area contributed by atoms with Gasteiger partial charge in [0.1, 0.15) is 11.4 Å². The average molecular weight is 563 g/mol. The van der Waals surface area contributed by atoms with Crippen LogP contribution in [0.25, 0.3) is 10.2 Å². The van der Waals surface area contributed by atoms with Gasteiger partial charge in [-0.15, -0.1) is 11.3 Å². The molecule has 1 N–H and O–H groups in total. The lowest BCUT2D eigenvalue weighted by Gasteiger charge is -2.36. The summed E-state index contributed by atoms with van der Waals surface area (Å²) in [6, 6.07) is 5.71. The standard InChI is InChI=1S/C26H29Cl2N5O3S/c1-16-22-24(29-15-33(25(22)35)14-21(34)30-17-5-3-2-4-6-17)37-23(16)26(36)32-11-9-31(10-12-32)18-7-8-19(27)20(28)13-18/h7-8,13,15,17H,2-6,9-12,14H2,1H3,(H,30,34). The van der Waals surface area contributed by atoms with Gasteiger partial charge in [-0.25, -0.2) is 4.98 Å². The number of carbonyl (C=O) groups is 2. The highest BCUT2D eigenvalue weighted by molar-refractivity contribution is 7.20. The third kappa shape index (κ3) is 5.49. The Morgan fingerprint density at radius 3 is 2.51 bits per heavy atom. The van der Waals surface area contributed by atoms with Gasteiger partial charge in [0, 0.05) is 37.9 Å². The number of amides is 2. The van der Waals surface area contributed by atoms with E-state index in [0.29, 0.717) is 56.9 Å². The van der Waals surface area contributed by atoms with E-state index in [1.165, 1.54) is 28.7 Å². The van der Waals surface area contributed by atoms with Gasteiger partial charge in [-0.3, -0.25) is 19.0 Å². The van der Waals surface area contributed by atoms with Crippen molar-refractivity contribution in [1.29, 1.82) is 0 Å². The molecule has 1 aliphatic carbocycles. The van der Waals surface area contributed by atoms with E-state index in [1.807, 2.05) is 17.0 Å². The SMILES string of the molecule is Cc1c(C(=O)N2CCN(c3ccc(Cl)c(Cl)c3)CC2)sc2ncn(CC(=O)NC3CCCCC3)c(=O)c12. The van der Waals surface area contributed by atoms with Gasteiger partial charge in [-0.2, -0.15) is 0 Å². The molecule has 8 nitrogen and oxygen atoms in total. The second kappa shape index (κ2) is 11.0. The Morgan fingerprint density at radius 1 is 1.08 bits per heavy atom. The molecular weight excluding hydrogens is 533 g/mol. The summed E-state index contributed by atoms with van der Waals surface area (Å²) in [5.74, 6) is -0.283. The monoisotopic (exact) mass is 561 g/mol. The number of thiophene rings is 1.